The second-order valence-electron chi connectivity index (χ2n) is 3.46. The van der Waals surface area contributed by atoms with Crippen molar-refractivity contribution in [3.05, 3.63) is 0 Å². The van der Waals surface area contributed by atoms with E-state index in [1.807, 2.05) is 0 Å². The maximum absolute atomic E-state index is 11.7. The van der Waals surface area contributed by atoms with Crippen LogP contribution in [-0.2, 0) is 19.2 Å². The lowest BCUT2D eigenvalue weighted by atomic mass is 10.1. The minimum Gasteiger partial charge on any atom is -0.326 e. The van der Waals surface area contributed by atoms with E-state index in [9.17, 15) is 19.2 Å². The summed E-state index contributed by atoms with van der Waals surface area (Å²) < 4.78 is 0. The molecule has 1 saturated heterocycles. The first-order valence-electron chi connectivity index (χ1n) is 4.44. The maximum Gasteiger partial charge on any atom is 0.260 e. The number of imide groups is 1. The highest BCUT2D eigenvalue weighted by molar-refractivity contribution is 6.14. The molecule has 1 heterocycles. The van der Waals surface area contributed by atoms with Crippen molar-refractivity contribution < 1.29 is 19.2 Å². The number of piperazine rings is 1. The van der Waals surface area contributed by atoms with Gasteiger partial charge in [-0.1, -0.05) is 0 Å². The van der Waals surface area contributed by atoms with E-state index in [0.717, 1.165) is 9.80 Å². The van der Waals surface area contributed by atoms with E-state index in [1.54, 1.807) is 0 Å². The van der Waals surface area contributed by atoms with Crippen molar-refractivity contribution in [2.45, 2.75) is 19.9 Å². The highest BCUT2D eigenvalue weighted by Gasteiger charge is 2.41. The second-order valence-corrected chi connectivity index (χ2v) is 3.46. The molecule has 0 saturated carbocycles. The second kappa shape index (κ2) is 3.80. The summed E-state index contributed by atoms with van der Waals surface area (Å²) in [6.45, 7) is 2.12. The van der Waals surface area contributed by atoms with Gasteiger partial charge >= 0.3 is 0 Å². The molecule has 0 spiro atoms. The standard InChI is InChI=1S/C9H12N2O4/c1-5(12)8-9(15)11(6(2)13)4-7(14)10(8)3/h8H,4H2,1-3H3. The van der Waals surface area contributed by atoms with Gasteiger partial charge in [0.1, 0.15) is 6.54 Å². The Morgan fingerprint density at radius 1 is 1.27 bits per heavy atom. The number of ketones is 1. The van der Waals surface area contributed by atoms with Crippen LogP contribution in [0.25, 0.3) is 0 Å². The van der Waals surface area contributed by atoms with Crippen molar-refractivity contribution in [1.29, 1.82) is 0 Å². The molecular weight excluding hydrogens is 200 g/mol. The van der Waals surface area contributed by atoms with E-state index < -0.39 is 29.5 Å². The SMILES string of the molecule is CC(=O)C1C(=O)N(C(C)=O)CC(=O)N1C. The van der Waals surface area contributed by atoms with E-state index in [-0.39, 0.29) is 6.54 Å². The van der Waals surface area contributed by atoms with E-state index in [2.05, 4.69) is 0 Å². The molecule has 1 fully saturated rings. The van der Waals surface area contributed by atoms with Crippen LogP contribution in [0.5, 0.6) is 0 Å². The number of hydrogen-bond acceptors (Lipinski definition) is 4. The van der Waals surface area contributed by atoms with Gasteiger partial charge in [-0.25, -0.2) is 0 Å². The highest BCUT2D eigenvalue weighted by atomic mass is 16.2. The molecule has 1 rings (SSSR count). The zero-order valence-corrected chi connectivity index (χ0v) is 8.81. The molecular formula is C9H12N2O4. The number of likely N-dealkylation sites (N-methyl/N-ethyl adjacent to an activating group) is 1. The number of Topliss-reactive ketones (excluding diaryl/α,β-unsaturated/α-hetero) is 1. The number of carbonyl (C=O) groups excluding carboxylic acids is 4. The monoisotopic (exact) mass is 212 g/mol. The molecule has 6 nitrogen and oxygen atoms in total. The van der Waals surface area contributed by atoms with E-state index in [0.29, 0.717) is 0 Å². The van der Waals surface area contributed by atoms with E-state index in [4.69, 9.17) is 0 Å². The van der Waals surface area contributed by atoms with Crippen LogP contribution in [0.15, 0.2) is 0 Å². The molecule has 0 radical (unpaired) electrons. The number of rotatable bonds is 1. The predicted molar refractivity (Wildman–Crippen MR) is 49.6 cm³/mol. The quantitative estimate of drug-likeness (QED) is 0.511. The first kappa shape index (κ1) is 11.4. The fraction of sp³-hybridized carbons (Fsp3) is 0.556. The molecule has 1 aliphatic rings. The fourth-order valence-corrected chi connectivity index (χ4v) is 1.50. The molecule has 15 heavy (non-hydrogen) atoms. The molecule has 0 N–H and O–H groups in total. The Balaban J connectivity index is 3.05. The van der Waals surface area contributed by atoms with Crippen LogP contribution < -0.4 is 0 Å². The molecule has 6 heteroatoms. The van der Waals surface area contributed by atoms with Crippen molar-refractivity contribution in [3.8, 4) is 0 Å². The topological polar surface area (TPSA) is 74.8 Å². The fourth-order valence-electron chi connectivity index (χ4n) is 1.50. The Kier molecular flexibility index (Phi) is 2.88. The van der Waals surface area contributed by atoms with Gasteiger partial charge < -0.3 is 4.90 Å². The largest absolute Gasteiger partial charge is 0.326 e. The Morgan fingerprint density at radius 2 is 1.80 bits per heavy atom. The highest BCUT2D eigenvalue weighted by Crippen LogP contribution is 2.11. The Morgan fingerprint density at radius 3 is 2.20 bits per heavy atom. The Bertz CT molecular complexity index is 350. The van der Waals surface area contributed by atoms with Crippen molar-refractivity contribution in [3.63, 3.8) is 0 Å². The summed E-state index contributed by atoms with van der Waals surface area (Å²) in [6, 6.07) is -1.16. The molecule has 1 atom stereocenters. The van der Waals surface area contributed by atoms with Gasteiger partial charge in [-0.15, -0.1) is 0 Å². The Hall–Kier alpha value is -1.72. The van der Waals surface area contributed by atoms with Gasteiger partial charge in [0, 0.05) is 14.0 Å². The van der Waals surface area contributed by atoms with Gasteiger partial charge in [0.25, 0.3) is 5.91 Å². The normalized spacial score (nSPS) is 21.9. The van der Waals surface area contributed by atoms with Crippen LogP contribution in [0, 0.1) is 0 Å². The lowest BCUT2D eigenvalue weighted by Gasteiger charge is -2.35. The molecule has 0 aliphatic carbocycles. The number of amides is 3. The average molecular weight is 212 g/mol. The molecule has 82 valence electrons. The van der Waals surface area contributed by atoms with Gasteiger partial charge in [-0.3, -0.25) is 24.1 Å². The van der Waals surface area contributed by atoms with Gasteiger partial charge in [0.2, 0.25) is 11.8 Å². The summed E-state index contributed by atoms with van der Waals surface area (Å²) >= 11 is 0. The summed E-state index contributed by atoms with van der Waals surface area (Å²) in [4.78, 5) is 47.2. The van der Waals surface area contributed by atoms with Crippen LogP contribution in [-0.4, -0.2) is 52.9 Å². The van der Waals surface area contributed by atoms with Gasteiger partial charge in [-0.2, -0.15) is 0 Å². The van der Waals surface area contributed by atoms with Crippen molar-refractivity contribution >= 4 is 23.5 Å². The zero-order chi connectivity index (χ0) is 11.7. The van der Waals surface area contributed by atoms with Crippen LogP contribution >= 0.6 is 0 Å². The van der Waals surface area contributed by atoms with Crippen LogP contribution in [0.4, 0.5) is 0 Å². The number of nitrogens with zero attached hydrogens (tertiary/aromatic N) is 2. The average Bonchev–Trinajstić information content (AvgIpc) is 2.10. The summed E-state index contributed by atoms with van der Waals surface area (Å²) in [7, 11) is 1.38. The summed E-state index contributed by atoms with van der Waals surface area (Å²) in [5.74, 6) is -2.00. The van der Waals surface area contributed by atoms with E-state index in [1.165, 1.54) is 20.9 Å². The summed E-state index contributed by atoms with van der Waals surface area (Å²) in [5, 5.41) is 0. The summed E-state index contributed by atoms with van der Waals surface area (Å²) in [6.07, 6.45) is 0. The number of hydrogen-bond donors (Lipinski definition) is 0. The van der Waals surface area contributed by atoms with Crippen molar-refractivity contribution in [1.82, 2.24) is 9.80 Å². The molecule has 3 amide bonds. The zero-order valence-electron chi connectivity index (χ0n) is 8.81. The maximum atomic E-state index is 11.7. The third-order valence-electron chi connectivity index (χ3n) is 2.34. The predicted octanol–water partition coefficient (Wildman–Crippen LogP) is -1.21. The molecule has 0 aromatic rings. The Labute approximate surface area is 86.8 Å². The first-order valence-corrected chi connectivity index (χ1v) is 4.44. The minimum absolute atomic E-state index is 0.283. The van der Waals surface area contributed by atoms with E-state index >= 15 is 0 Å². The smallest absolute Gasteiger partial charge is 0.260 e. The van der Waals surface area contributed by atoms with Gasteiger partial charge in [0.05, 0.1) is 0 Å². The lowest BCUT2D eigenvalue weighted by molar-refractivity contribution is -0.162. The lowest BCUT2D eigenvalue weighted by Crippen LogP contribution is -2.61. The molecule has 0 bridgehead atoms. The molecule has 1 unspecified atom stereocenters. The molecule has 0 aromatic carbocycles. The third-order valence-corrected chi connectivity index (χ3v) is 2.34. The van der Waals surface area contributed by atoms with Gasteiger partial charge in [-0.05, 0) is 6.92 Å². The minimum atomic E-state index is -1.16. The van der Waals surface area contributed by atoms with Crippen molar-refractivity contribution in [2.24, 2.45) is 0 Å². The van der Waals surface area contributed by atoms with Crippen LogP contribution in [0.2, 0.25) is 0 Å². The molecule has 0 aromatic heterocycles. The van der Waals surface area contributed by atoms with Crippen LogP contribution in [0.1, 0.15) is 13.8 Å². The molecule has 1 aliphatic heterocycles. The third kappa shape index (κ3) is 1.88. The summed E-state index contributed by atoms with van der Waals surface area (Å²) in [5.41, 5.74) is 0. The van der Waals surface area contributed by atoms with Crippen LogP contribution in [0.3, 0.4) is 0 Å². The number of carbonyl (C=O) groups is 4. The van der Waals surface area contributed by atoms with Crippen molar-refractivity contribution in [2.75, 3.05) is 13.6 Å². The van der Waals surface area contributed by atoms with Gasteiger partial charge in [0.15, 0.2) is 11.8 Å². The first-order chi connectivity index (χ1) is 6.86.